The van der Waals surface area contributed by atoms with Crippen LogP contribution in [0.1, 0.15) is 31.2 Å². The van der Waals surface area contributed by atoms with Gasteiger partial charge in [-0.25, -0.2) is 4.98 Å². The summed E-state index contributed by atoms with van der Waals surface area (Å²) in [6.45, 7) is 9.80. The lowest BCUT2D eigenvalue weighted by atomic mass is 9.99. The van der Waals surface area contributed by atoms with E-state index in [-0.39, 0.29) is 37.2 Å². The van der Waals surface area contributed by atoms with E-state index in [1.54, 1.807) is 0 Å². The van der Waals surface area contributed by atoms with Crippen LogP contribution in [0.15, 0.2) is 78.9 Å². The Morgan fingerprint density at radius 3 is 2.09 bits per heavy atom. The molecular formula is C36H48Cl3N7O. The quantitative estimate of drug-likeness (QED) is 0.201. The second kappa shape index (κ2) is 17.9. The number of piperidine rings is 2. The molecule has 3 aliphatic rings. The van der Waals surface area contributed by atoms with Gasteiger partial charge in [-0.15, -0.1) is 37.2 Å². The minimum Gasteiger partial charge on any atom is -0.493 e. The Hall–Kier alpha value is -3.01. The number of para-hydroxylation sites is 1. The zero-order valence-corrected chi connectivity index (χ0v) is 29.4. The maximum absolute atomic E-state index is 6.32. The monoisotopic (exact) mass is 699 g/mol. The number of piperazine rings is 1. The Balaban J connectivity index is 0.00000167. The van der Waals surface area contributed by atoms with Gasteiger partial charge in [0.15, 0.2) is 0 Å². The standard InChI is InChI=1S/C36H45N7O.3ClH/c1-3-7-28(8-4-1)26-41-19-15-30(16-20-41)38-35-33-12-11-32(44-27-29-13-17-37-18-14-29)25-34(33)39-36(40-35)43-23-21-42(22-24-43)31-9-5-2-6-10-31;;;/h1-12,25,29-30,37H,13-24,26-27H2,(H,38,39,40);3*1H. The number of benzene rings is 3. The van der Waals surface area contributed by atoms with E-state index in [1.165, 1.54) is 24.1 Å². The first-order valence-electron chi connectivity index (χ1n) is 16.5. The highest BCUT2D eigenvalue weighted by Crippen LogP contribution is 2.30. The number of ether oxygens (including phenoxy) is 1. The Bertz CT molecular complexity index is 1490. The van der Waals surface area contributed by atoms with E-state index < -0.39 is 0 Å². The Labute approximate surface area is 297 Å². The predicted molar refractivity (Wildman–Crippen MR) is 202 cm³/mol. The van der Waals surface area contributed by atoms with Crippen molar-refractivity contribution < 1.29 is 4.74 Å². The van der Waals surface area contributed by atoms with Gasteiger partial charge in [0.25, 0.3) is 0 Å². The molecule has 3 saturated heterocycles. The second-order valence-corrected chi connectivity index (χ2v) is 12.5. The summed E-state index contributed by atoms with van der Waals surface area (Å²) in [4.78, 5) is 17.7. The molecule has 254 valence electrons. The minimum atomic E-state index is 0. The van der Waals surface area contributed by atoms with E-state index in [0.29, 0.717) is 12.0 Å². The molecule has 0 spiro atoms. The summed E-state index contributed by atoms with van der Waals surface area (Å²) < 4.78 is 6.32. The number of halogens is 3. The van der Waals surface area contributed by atoms with Crippen molar-refractivity contribution in [1.82, 2.24) is 20.2 Å². The molecule has 4 heterocycles. The SMILES string of the molecule is Cl.Cl.Cl.c1ccc(CN2CCC(Nc3nc(N4CCN(c5ccccc5)CC4)nc4cc(OCC5CCNCC5)ccc34)CC2)cc1. The van der Waals surface area contributed by atoms with Gasteiger partial charge in [-0.3, -0.25) is 4.90 Å². The van der Waals surface area contributed by atoms with Crippen LogP contribution in [0, 0.1) is 5.92 Å². The van der Waals surface area contributed by atoms with Gasteiger partial charge in [0.05, 0.1) is 12.1 Å². The molecule has 0 atom stereocenters. The second-order valence-electron chi connectivity index (χ2n) is 12.5. The molecule has 2 N–H and O–H groups in total. The van der Waals surface area contributed by atoms with Crippen LogP contribution in [0.2, 0.25) is 0 Å². The molecule has 3 fully saturated rings. The number of aromatic nitrogens is 2. The summed E-state index contributed by atoms with van der Waals surface area (Å²) in [5.74, 6) is 3.26. The molecule has 0 saturated carbocycles. The van der Waals surface area contributed by atoms with Gasteiger partial charge in [-0.1, -0.05) is 48.5 Å². The van der Waals surface area contributed by atoms with E-state index >= 15 is 0 Å². The number of hydrogen-bond acceptors (Lipinski definition) is 8. The van der Waals surface area contributed by atoms with E-state index in [9.17, 15) is 0 Å². The topological polar surface area (TPSA) is 68.8 Å². The average molecular weight is 701 g/mol. The maximum atomic E-state index is 6.32. The number of fused-ring (bicyclic) bond motifs is 1. The van der Waals surface area contributed by atoms with Gasteiger partial charge >= 0.3 is 0 Å². The van der Waals surface area contributed by atoms with Crippen molar-refractivity contribution in [1.29, 1.82) is 0 Å². The zero-order valence-electron chi connectivity index (χ0n) is 26.9. The highest BCUT2D eigenvalue weighted by molar-refractivity contribution is 5.91. The van der Waals surface area contributed by atoms with Gasteiger partial charge in [0, 0.05) is 69.0 Å². The summed E-state index contributed by atoms with van der Waals surface area (Å²) in [6.07, 6.45) is 4.54. The summed E-state index contributed by atoms with van der Waals surface area (Å²) in [5.41, 5.74) is 3.62. The highest BCUT2D eigenvalue weighted by atomic mass is 35.5. The Morgan fingerprint density at radius 1 is 0.723 bits per heavy atom. The minimum absolute atomic E-state index is 0. The van der Waals surface area contributed by atoms with E-state index in [0.717, 1.165) is 107 Å². The maximum Gasteiger partial charge on any atom is 0.228 e. The Kier molecular flexibility index (Phi) is 14.1. The van der Waals surface area contributed by atoms with Crippen molar-refractivity contribution in [2.24, 2.45) is 5.92 Å². The average Bonchev–Trinajstić information content (AvgIpc) is 3.09. The summed E-state index contributed by atoms with van der Waals surface area (Å²) in [5, 5.41) is 8.38. The van der Waals surface area contributed by atoms with Crippen molar-refractivity contribution in [3.8, 4) is 5.75 Å². The van der Waals surface area contributed by atoms with Gasteiger partial charge in [-0.2, -0.15) is 4.98 Å². The molecule has 0 radical (unpaired) electrons. The molecule has 4 aromatic rings. The molecule has 0 unspecified atom stereocenters. The van der Waals surface area contributed by atoms with Crippen molar-refractivity contribution in [2.75, 3.05) is 74.1 Å². The molecule has 3 aliphatic heterocycles. The molecular weight excluding hydrogens is 653 g/mol. The fourth-order valence-corrected chi connectivity index (χ4v) is 6.77. The molecule has 47 heavy (non-hydrogen) atoms. The number of rotatable bonds is 9. The third-order valence-corrected chi connectivity index (χ3v) is 9.46. The third kappa shape index (κ3) is 9.55. The fraction of sp³-hybridized carbons (Fsp3) is 0.444. The first kappa shape index (κ1) is 36.8. The van der Waals surface area contributed by atoms with E-state index in [4.69, 9.17) is 14.7 Å². The van der Waals surface area contributed by atoms with Gasteiger partial charge in [0.1, 0.15) is 11.6 Å². The number of anilines is 3. The van der Waals surface area contributed by atoms with Crippen LogP contribution >= 0.6 is 37.2 Å². The summed E-state index contributed by atoms with van der Waals surface area (Å²) in [6, 6.07) is 28.3. The normalized spacial score (nSPS) is 17.7. The smallest absolute Gasteiger partial charge is 0.228 e. The van der Waals surface area contributed by atoms with E-state index in [2.05, 4.69) is 104 Å². The van der Waals surface area contributed by atoms with Gasteiger partial charge in [-0.05, 0) is 74.5 Å². The molecule has 11 heteroatoms. The van der Waals surface area contributed by atoms with Crippen LogP contribution in [0.5, 0.6) is 5.75 Å². The van der Waals surface area contributed by atoms with E-state index in [1.807, 2.05) is 0 Å². The number of nitrogens with zero attached hydrogens (tertiary/aromatic N) is 5. The zero-order chi connectivity index (χ0) is 29.6. The molecule has 0 amide bonds. The largest absolute Gasteiger partial charge is 0.493 e. The lowest BCUT2D eigenvalue weighted by molar-refractivity contribution is 0.211. The summed E-state index contributed by atoms with van der Waals surface area (Å²) in [7, 11) is 0. The first-order chi connectivity index (χ1) is 21.8. The third-order valence-electron chi connectivity index (χ3n) is 9.46. The molecule has 0 aliphatic carbocycles. The first-order valence-corrected chi connectivity index (χ1v) is 16.5. The van der Waals surface area contributed by atoms with Crippen LogP contribution in [0.25, 0.3) is 10.9 Å². The number of likely N-dealkylation sites (tertiary alicyclic amines) is 1. The van der Waals surface area contributed by atoms with Crippen LogP contribution in [0.4, 0.5) is 17.5 Å². The highest BCUT2D eigenvalue weighted by Gasteiger charge is 2.24. The Morgan fingerprint density at radius 2 is 1.38 bits per heavy atom. The fourth-order valence-electron chi connectivity index (χ4n) is 6.77. The molecule has 3 aromatic carbocycles. The van der Waals surface area contributed by atoms with Crippen LogP contribution in [0.3, 0.4) is 0 Å². The van der Waals surface area contributed by atoms with Crippen molar-refractivity contribution in [3.63, 3.8) is 0 Å². The van der Waals surface area contributed by atoms with Crippen molar-refractivity contribution >= 4 is 65.6 Å². The lowest BCUT2D eigenvalue weighted by Gasteiger charge is -2.36. The van der Waals surface area contributed by atoms with Crippen molar-refractivity contribution in [3.05, 3.63) is 84.4 Å². The summed E-state index contributed by atoms with van der Waals surface area (Å²) >= 11 is 0. The molecule has 7 rings (SSSR count). The van der Waals surface area contributed by atoms with Crippen LogP contribution in [-0.2, 0) is 6.54 Å². The van der Waals surface area contributed by atoms with Gasteiger partial charge < -0.3 is 25.2 Å². The number of nitrogens with one attached hydrogen (secondary N) is 2. The number of hydrogen-bond donors (Lipinski definition) is 2. The molecule has 1 aromatic heterocycles. The van der Waals surface area contributed by atoms with Gasteiger partial charge in [0.2, 0.25) is 5.95 Å². The molecule has 8 nitrogen and oxygen atoms in total. The van der Waals surface area contributed by atoms with Crippen LogP contribution < -0.4 is 25.2 Å². The van der Waals surface area contributed by atoms with Crippen molar-refractivity contribution in [2.45, 2.75) is 38.3 Å². The molecule has 0 bridgehead atoms. The van der Waals surface area contributed by atoms with Crippen LogP contribution in [-0.4, -0.2) is 79.9 Å². The predicted octanol–water partition coefficient (Wildman–Crippen LogP) is 6.68. The lowest BCUT2D eigenvalue weighted by Crippen LogP contribution is -2.47.